The van der Waals surface area contributed by atoms with E-state index < -0.39 is 27.8 Å². The van der Waals surface area contributed by atoms with Crippen LogP contribution in [0.3, 0.4) is 0 Å². The van der Waals surface area contributed by atoms with Gasteiger partial charge in [0.25, 0.3) is 0 Å². The molecule has 0 fully saturated rings. The summed E-state index contributed by atoms with van der Waals surface area (Å²) in [5.74, 6) is 0.130. The van der Waals surface area contributed by atoms with Gasteiger partial charge in [0.05, 0.1) is 25.1 Å². The lowest BCUT2D eigenvalue weighted by atomic mass is 9.96. The number of benzene rings is 2. The number of carbonyl (C=O) groups is 1. The lowest BCUT2D eigenvalue weighted by Crippen LogP contribution is -2.50. The number of methoxy groups -OCH3 is 1. The first-order chi connectivity index (χ1) is 14.6. The minimum Gasteiger partial charge on any atom is -0.497 e. The largest absolute Gasteiger partial charge is 0.497 e. The summed E-state index contributed by atoms with van der Waals surface area (Å²) in [7, 11) is -2.20. The SMILES string of the molecule is CCC(C(=O)NC(CC(C)C)c1ccc(OC)cc1)N(c1ccc(F)cc1)S(C)(=O)=O. The molecule has 0 aromatic heterocycles. The van der Waals surface area contributed by atoms with Crippen molar-refractivity contribution in [3.63, 3.8) is 0 Å². The Labute approximate surface area is 184 Å². The second-order valence-corrected chi connectivity index (χ2v) is 9.78. The van der Waals surface area contributed by atoms with Gasteiger partial charge in [0.2, 0.25) is 15.9 Å². The Balaban J connectivity index is 2.36. The minimum absolute atomic E-state index is 0.246. The molecule has 0 aliphatic heterocycles. The zero-order chi connectivity index (χ0) is 23.2. The van der Waals surface area contributed by atoms with Gasteiger partial charge in [-0.1, -0.05) is 32.9 Å². The lowest BCUT2D eigenvalue weighted by molar-refractivity contribution is -0.123. The van der Waals surface area contributed by atoms with Crippen LogP contribution in [0.1, 0.15) is 45.2 Å². The second kappa shape index (κ2) is 10.6. The van der Waals surface area contributed by atoms with Crippen molar-refractivity contribution in [2.45, 2.75) is 45.7 Å². The molecule has 0 saturated carbocycles. The lowest BCUT2D eigenvalue weighted by Gasteiger charge is -2.32. The number of hydrogen-bond acceptors (Lipinski definition) is 4. The van der Waals surface area contributed by atoms with Crippen molar-refractivity contribution in [1.29, 1.82) is 0 Å². The van der Waals surface area contributed by atoms with E-state index >= 15 is 0 Å². The second-order valence-electron chi connectivity index (χ2n) is 7.92. The van der Waals surface area contributed by atoms with E-state index in [1.165, 1.54) is 24.3 Å². The third kappa shape index (κ3) is 6.69. The van der Waals surface area contributed by atoms with E-state index in [4.69, 9.17) is 4.74 Å². The molecule has 31 heavy (non-hydrogen) atoms. The predicted molar refractivity (Wildman–Crippen MR) is 121 cm³/mol. The maximum Gasteiger partial charge on any atom is 0.244 e. The quantitative estimate of drug-likeness (QED) is 0.586. The Kier molecular flexibility index (Phi) is 8.44. The molecular formula is C23H31FN2O4S. The average molecular weight is 451 g/mol. The Bertz CT molecular complexity index is 960. The zero-order valence-corrected chi connectivity index (χ0v) is 19.4. The van der Waals surface area contributed by atoms with Crippen molar-refractivity contribution in [3.05, 3.63) is 59.9 Å². The van der Waals surface area contributed by atoms with Gasteiger partial charge in [-0.3, -0.25) is 9.10 Å². The number of anilines is 1. The molecule has 0 bridgehead atoms. The predicted octanol–water partition coefficient (Wildman–Crippen LogP) is 4.28. The van der Waals surface area contributed by atoms with Crippen LogP contribution >= 0.6 is 0 Å². The van der Waals surface area contributed by atoms with Crippen LogP contribution in [0, 0.1) is 11.7 Å². The minimum atomic E-state index is -3.79. The number of halogens is 1. The fourth-order valence-electron chi connectivity index (χ4n) is 3.50. The topological polar surface area (TPSA) is 75.7 Å². The smallest absolute Gasteiger partial charge is 0.244 e. The number of hydrogen-bond donors (Lipinski definition) is 1. The van der Waals surface area contributed by atoms with E-state index in [1.54, 1.807) is 14.0 Å². The number of carbonyl (C=O) groups excluding carboxylic acids is 1. The third-order valence-corrected chi connectivity index (χ3v) is 6.13. The molecule has 2 unspecified atom stereocenters. The van der Waals surface area contributed by atoms with E-state index in [0.717, 1.165) is 16.1 Å². The van der Waals surface area contributed by atoms with Crippen molar-refractivity contribution >= 4 is 21.6 Å². The molecular weight excluding hydrogens is 419 g/mol. The van der Waals surface area contributed by atoms with Crippen molar-refractivity contribution in [3.8, 4) is 5.75 Å². The number of sulfonamides is 1. The maximum absolute atomic E-state index is 13.4. The summed E-state index contributed by atoms with van der Waals surface area (Å²) >= 11 is 0. The van der Waals surface area contributed by atoms with E-state index in [1.807, 2.05) is 24.3 Å². The highest BCUT2D eigenvalue weighted by atomic mass is 32.2. The molecule has 6 nitrogen and oxygen atoms in total. The molecule has 0 radical (unpaired) electrons. The zero-order valence-electron chi connectivity index (χ0n) is 18.6. The number of rotatable bonds is 10. The molecule has 1 N–H and O–H groups in total. The highest BCUT2D eigenvalue weighted by molar-refractivity contribution is 7.92. The van der Waals surface area contributed by atoms with E-state index in [0.29, 0.717) is 18.1 Å². The highest BCUT2D eigenvalue weighted by Crippen LogP contribution is 2.26. The summed E-state index contributed by atoms with van der Waals surface area (Å²) in [5, 5.41) is 3.03. The Hall–Kier alpha value is -2.61. The Morgan fingerprint density at radius 3 is 2.13 bits per heavy atom. The van der Waals surface area contributed by atoms with Crippen LogP contribution in [-0.4, -0.2) is 33.7 Å². The van der Waals surface area contributed by atoms with Crippen LogP contribution in [-0.2, 0) is 14.8 Å². The fraction of sp³-hybridized carbons (Fsp3) is 0.435. The monoisotopic (exact) mass is 450 g/mol. The highest BCUT2D eigenvalue weighted by Gasteiger charge is 2.32. The van der Waals surface area contributed by atoms with Crippen LogP contribution < -0.4 is 14.4 Å². The van der Waals surface area contributed by atoms with Crippen LogP contribution in [0.4, 0.5) is 10.1 Å². The van der Waals surface area contributed by atoms with Crippen LogP contribution in [0.5, 0.6) is 5.75 Å². The molecule has 0 saturated heterocycles. The third-order valence-electron chi connectivity index (χ3n) is 4.95. The van der Waals surface area contributed by atoms with Crippen molar-refractivity contribution in [1.82, 2.24) is 5.32 Å². The van der Waals surface area contributed by atoms with E-state index in [2.05, 4.69) is 19.2 Å². The van der Waals surface area contributed by atoms with Gasteiger partial charge in [-0.25, -0.2) is 12.8 Å². The molecule has 8 heteroatoms. The number of amides is 1. The summed E-state index contributed by atoms with van der Waals surface area (Å²) in [5.41, 5.74) is 1.15. The van der Waals surface area contributed by atoms with Crippen LogP contribution in [0.25, 0.3) is 0 Å². The van der Waals surface area contributed by atoms with E-state index in [-0.39, 0.29) is 18.2 Å². The number of nitrogens with one attached hydrogen (secondary N) is 1. The Morgan fingerprint density at radius 1 is 1.10 bits per heavy atom. The summed E-state index contributed by atoms with van der Waals surface area (Å²) in [6.07, 6.45) is 1.98. The summed E-state index contributed by atoms with van der Waals surface area (Å²) in [6, 6.07) is 11.3. The molecule has 0 spiro atoms. The molecule has 2 rings (SSSR count). The molecule has 170 valence electrons. The van der Waals surface area contributed by atoms with Gasteiger partial charge in [-0.2, -0.15) is 0 Å². The first-order valence-corrected chi connectivity index (χ1v) is 12.1. The molecule has 2 atom stereocenters. The summed E-state index contributed by atoms with van der Waals surface area (Å²) < 4.78 is 44.8. The number of nitrogens with zero attached hydrogens (tertiary/aromatic N) is 1. The standard InChI is InChI=1S/C23H31FN2O4S/c1-6-22(26(31(5,28)29)19-11-9-18(24)10-12-19)23(27)25-21(15-16(2)3)17-7-13-20(30-4)14-8-17/h7-14,16,21-22H,6,15H2,1-5H3,(H,25,27). The van der Waals surface area contributed by atoms with Gasteiger partial charge in [-0.05, 0) is 60.7 Å². The first kappa shape index (κ1) is 24.7. The van der Waals surface area contributed by atoms with Gasteiger partial charge < -0.3 is 10.1 Å². The van der Waals surface area contributed by atoms with Crippen molar-refractivity contribution in [2.75, 3.05) is 17.7 Å². The van der Waals surface area contributed by atoms with Crippen LogP contribution in [0.2, 0.25) is 0 Å². The van der Waals surface area contributed by atoms with Crippen molar-refractivity contribution in [2.24, 2.45) is 5.92 Å². The molecule has 2 aromatic carbocycles. The summed E-state index contributed by atoms with van der Waals surface area (Å²) in [4.78, 5) is 13.3. The fourth-order valence-corrected chi connectivity index (χ4v) is 4.71. The number of ether oxygens (including phenoxy) is 1. The van der Waals surface area contributed by atoms with Crippen LogP contribution in [0.15, 0.2) is 48.5 Å². The normalized spacial score (nSPS) is 13.5. The van der Waals surface area contributed by atoms with Gasteiger partial charge in [0, 0.05) is 0 Å². The average Bonchev–Trinajstić information content (AvgIpc) is 2.71. The molecule has 0 aliphatic carbocycles. The van der Waals surface area contributed by atoms with Crippen molar-refractivity contribution < 1.29 is 22.3 Å². The molecule has 1 amide bonds. The molecule has 0 aliphatic rings. The van der Waals surface area contributed by atoms with Gasteiger partial charge in [0.1, 0.15) is 17.6 Å². The maximum atomic E-state index is 13.4. The van der Waals surface area contributed by atoms with Gasteiger partial charge >= 0.3 is 0 Å². The molecule has 0 heterocycles. The Morgan fingerprint density at radius 2 is 1.68 bits per heavy atom. The van der Waals surface area contributed by atoms with E-state index in [9.17, 15) is 17.6 Å². The summed E-state index contributed by atoms with van der Waals surface area (Å²) in [6.45, 7) is 5.86. The van der Waals surface area contributed by atoms with Gasteiger partial charge in [-0.15, -0.1) is 0 Å². The first-order valence-electron chi connectivity index (χ1n) is 10.3. The molecule has 2 aromatic rings. The van der Waals surface area contributed by atoms with Gasteiger partial charge in [0.15, 0.2) is 0 Å².